The van der Waals surface area contributed by atoms with Crippen LogP contribution in [0.5, 0.6) is 0 Å². The fourth-order valence-electron chi connectivity index (χ4n) is 1.64. The Kier molecular flexibility index (Phi) is 6.23. The van der Waals surface area contributed by atoms with Gasteiger partial charge in [0.15, 0.2) is 0 Å². The summed E-state index contributed by atoms with van der Waals surface area (Å²) in [5.41, 5.74) is 8.59. The highest BCUT2D eigenvalue weighted by atomic mass is 14.8. The summed E-state index contributed by atoms with van der Waals surface area (Å²) in [7, 11) is 1.74. The van der Waals surface area contributed by atoms with Crippen molar-refractivity contribution in [1.29, 1.82) is 5.41 Å². The average Bonchev–Trinajstić information content (AvgIpc) is 2.28. The number of hydrogen-bond acceptors (Lipinski definition) is 3. The first-order chi connectivity index (χ1) is 8.33. The van der Waals surface area contributed by atoms with Crippen LogP contribution in [0.2, 0.25) is 0 Å². The van der Waals surface area contributed by atoms with Gasteiger partial charge in [-0.2, -0.15) is 0 Å². The van der Waals surface area contributed by atoms with E-state index in [1.165, 1.54) is 12.6 Å². The summed E-state index contributed by atoms with van der Waals surface area (Å²) in [6.45, 7) is 9.99. The molecule has 0 radical (unpaired) electrons. The summed E-state index contributed by atoms with van der Waals surface area (Å²) in [6.07, 6.45) is 4.55. The van der Waals surface area contributed by atoms with E-state index in [9.17, 15) is 0 Å². The zero-order chi connectivity index (χ0) is 14.3. The number of nitrogens with zero attached hydrogens (tertiary/aromatic N) is 2. The number of hydrogen-bond donors (Lipinski definition) is 2. The van der Waals surface area contributed by atoms with Crippen LogP contribution in [0.25, 0.3) is 0 Å². The van der Waals surface area contributed by atoms with Crippen LogP contribution in [-0.4, -0.2) is 25.3 Å². The van der Waals surface area contributed by atoms with Gasteiger partial charge in [0, 0.05) is 30.1 Å². The van der Waals surface area contributed by atoms with Gasteiger partial charge in [0.25, 0.3) is 0 Å². The molecule has 0 atom stereocenters. The van der Waals surface area contributed by atoms with Crippen molar-refractivity contribution in [3.05, 3.63) is 22.9 Å². The Morgan fingerprint density at radius 2 is 1.83 bits per heavy atom. The number of nitrogens with two attached hydrogens (primary N) is 1. The molecule has 0 aromatic carbocycles. The Labute approximate surface area is 110 Å². The van der Waals surface area contributed by atoms with Crippen LogP contribution >= 0.6 is 0 Å². The molecule has 4 nitrogen and oxygen atoms in total. The van der Waals surface area contributed by atoms with E-state index in [-0.39, 0.29) is 5.41 Å². The van der Waals surface area contributed by atoms with Crippen LogP contribution in [-0.2, 0) is 0 Å². The zero-order valence-corrected chi connectivity index (χ0v) is 12.2. The molecule has 0 aliphatic heterocycles. The molecule has 4 heteroatoms. The molecule has 0 aliphatic rings. The Hall–Kier alpha value is -1.71. The molecule has 0 amide bonds. The fraction of sp³-hybridized carbons (Fsp3) is 0.500. The van der Waals surface area contributed by atoms with Crippen molar-refractivity contribution in [2.75, 3.05) is 7.05 Å². The largest absolute Gasteiger partial charge is 0.390 e. The van der Waals surface area contributed by atoms with Crippen LogP contribution < -0.4 is 5.73 Å². The molecule has 0 unspecified atom stereocenters. The Morgan fingerprint density at radius 3 is 2.11 bits per heavy atom. The Balaban J connectivity index is 6.15. The Morgan fingerprint density at radius 1 is 1.28 bits per heavy atom. The summed E-state index contributed by atoms with van der Waals surface area (Å²) in [6, 6.07) is 0. The SMILES string of the molecule is C/C=C(\C(C)=NC)C(N=CN)=C(C=N)C(C)(C)C. The molecule has 0 heterocycles. The number of allylic oxidation sites excluding steroid dienone is 3. The number of aliphatic imine (C=N–C) groups is 2. The molecule has 0 rings (SSSR count). The minimum Gasteiger partial charge on any atom is -0.390 e. The second-order valence-corrected chi connectivity index (χ2v) is 4.95. The maximum Gasteiger partial charge on any atom is 0.0860 e. The minimum absolute atomic E-state index is 0.175. The van der Waals surface area contributed by atoms with Gasteiger partial charge in [-0.05, 0) is 19.3 Å². The quantitative estimate of drug-likeness (QED) is 0.448. The van der Waals surface area contributed by atoms with Gasteiger partial charge < -0.3 is 11.1 Å². The summed E-state index contributed by atoms with van der Waals surface area (Å²) in [5, 5.41) is 7.63. The third kappa shape index (κ3) is 3.95. The van der Waals surface area contributed by atoms with E-state index in [1.54, 1.807) is 7.05 Å². The van der Waals surface area contributed by atoms with E-state index in [0.717, 1.165) is 16.9 Å². The van der Waals surface area contributed by atoms with Gasteiger partial charge in [-0.15, -0.1) is 0 Å². The summed E-state index contributed by atoms with van der Waals surface area (Å²) in [5.74, 6) is 0. The summed E-state index contributed by atoms with van der Waals surface area (Å²) >= 11 is 0. The van der Waals surface area contributed by atoms with E-state index in [2.05, 4.69) is 9.98 Å². The molecule has 0 bridgehead atoms. The molecule has 0 saturated carbocycles. The summed E-state index contributed by atoms with van der Waals surface area (Å²) in [4.78, 5) is 8.42. The van der Waals surface area contributed by atoms with E-state index in [1.807, 2.05) is 40.7 Å². The molecule has 0 fully saturated rings. The van der Waals surface area contributed by atoms with Crippen LogP contribution in [0.3, 0.4) is 0 Å². The molecular formula is C14H24N4. The lowest BCUT2D eigenvalue weighted by Gasteiger charge is -2.23. The van der Waals surface area contributed by atoms with Gasteiger partial charge in [0.2, 0.25) is 0 Å². The van der Waals surface area contributed by atoms with Crippen molar-refractivity contribution in [3.8, 4) is 0 Å². The third-order valence-electron chi connectivity index (χ3n) is 2.68. The van der Waals surface area contributed by atoms with Gasteiger partial charge in [0.1, 0.15) is 0 Å². The van der Waals surface area contributed by atoms with Crippen LogP contribution in [0.15, 0.2) is 32.9 Å². The van der Waals surface area contributed by atoms with Crippen molar-refractivity contribution in [3.63, 3.8) is 0 Å². The molecule has 0 aliphatic carbocycles. The highest BCUT2D eigenvalue weighted by molar-refractivity contribution is 6.03. The van der Waals surface area contributed by atoms with E-state index in [4.69, 9.17) is 11.1 Å². The number of rotatable bonds is 4. The highest BCUT2D eigenvalue weighted by Crippen LogP contribution is 2.30. The lowest BCUT2D eigenvalue weighted by atomic mass is 9.83. The normalized spacial score (nSPS) is 15.9. The van der Waals surface area contributed by atoms with Crippen LogP contribution in [0, 0.1) is 10.8 Å². The standard InChI is InChI=1S/C14H24N4/c1-7-11(10(2)17-6)13(18-9-16)12(8-15)14(3,4)5/h7-9,15H,1-6H3,(H2,16,18)/b11-7+,13-12?,15-8?,17-10?. The first-order valence-electron chi connectivity index (χ1n) is 5.93. The van der Waals surface area contributed by atoms with Crippen molar-refractivity contribution < 1.29 is 0 Å². The van der Waals surface area contributed by atoms with Gasteiger partial charge in [-0.1, -0.05) is 26.8 Å². The molecule has 0 aromatic heterocycles. The van der Waals surface area contributed by atoms with E-state index in [0.29, 0.717) is 5.70 Å². The monoisotopic (exact) mass is 248 g/mol. The molecule has 0 aromatic rings. The van der Waals surface area contributed by atoms with Gasteiger partial charge in [-0.25, -0.2) is 4.99 Å². The molecule has 3 N–H and O–H groups in total. The molecule has 18 heavy (non-hydrogen) atoms. The highest BCUT2D eigenvalue weighted by Gasteiger charge is 2.22. The maximum atomic E-state index is 7.63. The minimum atomic E-state index is -0.175. The topological polar surface area (TPSA) is 74.6 Å². The van der Waals surface area contributed by atoms with Crippen molar-refractivity contribution >= 4 is 18.3 Å². The predicted molar refractivity (Wildman–Crippen MR) is 80.7 cm³/mol. The fourth-order valence-corrected chi connectivity index (χ4v) is 1.64. The van der Waals surface area contributed by atoms with E-state index < -0.39 is 0 Å². The average molecular weight is 248 g/mol. The van der Waals surface area contributed by atoms with Crippen LogP contribution in [0.1, 0.15) is 34.6 Å². The second-order valence-electron chi connectivity index (χ2n) is 4.95. The van der Waals surface area contributed by atoms with Crippen LogP contribution in [0.4, 0.5) is 0 Å². The molecular weight excluding hydrogens is 224 g/mol. The molecule has 100 valence electrons. The smallest absolute Gasteiger partial charge is 0.0860 e. The van der Waals surface area contributed by atoms with Gasteiger partial charge in [0.05, 0.1) is 12.0 Å². The number of nitrogens with one attached hydrogen (secondary N) is 1. The summed E-state index contributed by atoms with van der Waals surface area (Å²) < 4.78 is 0. The maximum absolute atomic E-state index is 7.63. The lowest BCUT2D eigenvalue weighted by Crippen LogP contribution is -2.16. The Bertz CT molecular complexity index is 418. The first-order valence-corrected chi connectivity index (χ1v) is 5.93. The van der Waals surface area contributed by atoms with Crippen molar-refractivity contribution in [2.24, 2.45) is 21.1 Å². The lowest BCUT2D eigenvalue weighted by molar-refractivity contribution is 0.522. The van der Waals surface area contributed by atoms with Gasteiger partial charge >= 0.3 is 0 Å². The second kappa shape index (κ2) is 6.89. The zero-order valence-electron chi connectivity index (χ0n) is 12.2. The predicted octanol–water partition coefficient (Wildman–Crippen LogP) is 2.96. The van der Waals surface area contributed by atoms with Crippen molar-refractivity contribution in [1.82, 2.24) is 0 Å². The first kappa shape index (κ1) is 16.3. The van der Waals surface area contributed by atoms with Crippen molar-refractivity contribution in [2.45, 2.75) is 34.6 Å². The van der Waals surface area contributed by atoms with E-state index >= 15 is 0 Å². The molecule has 0 spiro atoms. The molecule has 0 saturated heterocycles. The third-order valence-corrected chi connectivity index (χ3v) is 2.68. The van der Waals surface area contributed by atoms with Gasteiger partial charge in [-0.3, -0.25) is 4.99 Å².